The number of imidazole rings is 1. The molecule has 0 bridgehead atoms. The number of benzene rings is 1. The van der Waals surface area contributed by atoms with Crippen LogP contribution in [0.3, 0.4) is 0 Å². The Morgan fingerprint density at radius 3 is 2.61 bits per heavy atom. The number of rotatable bonds is 6. The predicted molar refractivity (Wildman–Crippen MR) is 107 cm³/mol. The summed E-state index contributed by atoms with van der Waals surface area (Å²) in [5.74, 6) is 2.38. The van der Waals surface area contributed by atoms with Crippen LogP contribution in [0.5, 0.6) is 0 Å². The van der Waals surface area contributed by atoms with Gasteiger partial charge in [0.05, 0.1) is 18.4 Å². The summed E-state index contributed by atoms with van der Waals surface area (Å²) in [6.07, 6.45) is 2.99. The number of nitrogens with zero attached hydrogens (tertiary/aromatic N) is 2. The zero-order valence-electron chi connectivity index (χ0n) is 14.0. The number of aliphatic imine (C=N–C) groups is 1. The topological polar surface area (TPSA) is 65.1 Å². The molecule has 0 amide bonds. The van der Waals surface area contributed by atoms with Crippen LogP contribution in [0.4, 0.5) is 0 Å². The molecule has 0 unspecified atom stereocenters. The molecule has 6 heteroatoms. The molecule has 0 aliphatic carbocycles. The maximum absolute atomic E-state index is 4.41. The molecule has 1 aromatic heterocycles. The van der Waals surface area contributed by atoms with Crippen LogP contribution >= 0.6 is 24.0 Å². The lowest BCUT2D eigenvalue weighted by atomic mass is 10.1. The van der Waals surface area contributed by atoms with Gasteiger partial charge in [0.25, 0.3) is 0 Å². The molecule has 0 aliphatic heterocycles. The van der Waals surface area contributed by atoms with Gasteiger partial charge in [-0.3, -0.25) is 4.99 Å². The molecule has 0 atom stereocenters. The minimum Gasteiger partial charge on any atom is -0.356 e. The molecule has 1 heterocycles. The highest BCUT2D eigenvalue weighted by molar-refractivity contribution is 14.0. The molecule has 126 valence electrons. The third-order valence-electron chi connectivity index (χ3n) is 3.37. The Morgan fingerprint density at radius 1 is 1.22 bits per heavy atom. The molecule has 0 radical (unpaired) electrons. The third kappa shape index (κ3) is 6.60. The Morgan fingerprint density at radius 2 is 1.96 bits per heavy atom. The van der Waals surface area contributed by atoms with Gasteiger partial charge in [0.2, 0.25) is 0 Å². The number of H-pyrrole nitrogens is 1. The zero-order valence-corrected chi connectivity index (χ0v) is 16.3. The summed E-state index contributed by atoms with van der Waals surface area (Å²) < 4.78 is 0. The smallest absolute Gasteiger partial charge is 0.191 e. The maximum Gasteiger partial charge on any atom is 0.191 e. The van der Waals surface area contributed by atoms with E-state index in [1.807, 2.05) is 24.4 Å². The average molecular weight is 427 g/mol. The van der Waals surface area contributed by atoms with Gasteiger partial charge in [0.15, 0.2) is 5.96 Å². The first-order valence-corrected chi connectivity index (χ1v) is 7.73. The summed E-state index contributed by atoms with van der Waals surface area (Å²) in [6.45, 7) is 5.97. The highest BCUT2D eigenvalue weighted by Gasteiger charge is 2.04. The fourth-order valence-corrected chi connectivity index (χ4v) is 2.08. The molecule has 0 aliphatic rings. The summed E-state index contributed by atoms with van der Waals surface area (Å²) in [4.78, 5) is 12.0. The molecule has 3 N–H and O–H groups in total. The Hall–Kier alpha value is -1.57. The SMILES string of the molecule is CN=C(NCCC(C)C)NCc1ncc(-c2ccccc2)[nH]1.I. The van der Waals surface area contributed by atoms with Crippen LogP contribution in [0, 0.1) is 5.92 Å². The number of hydrogen-bond donors (Lipinski definition) is 3. The third-order valence-corrected chi connectivity index (χ3v) is 3.37. The summed E-state index contributed by atoms with van der Waals surface area (Å²) in [5.41, 5.74) is 2.17. The molecular formula is C17H26IN5. The zero-order chi connectivity index (χ0) is 15.8. The van der Waals surface area contributed by atoms with Crippen LogP contribution in [0.25, 0.3) is 11.3 Å². The monoisotopic (exact) mass is 427 g/mol. The standard InChI is InChI=1S/C17H25N5.HI/c1-13(2)9-10-19-17(18-3)21-12-16-20-11-15(22-16)14-7-5-4-6-8-14;/h4-8,11,13H,9-10,12H2,1-3H3,(H,20,22)(H2,18,19,21);1H. The van der Waals surface area contributed by atoms with Crippen molar-refractivity contribution < 1.29 is 0 Å². The van der Waals surface area contributed by atoms with Gasteiger partial charge in [-0.05, 0) is 17.9 Å². The molecule has 2 aromatic rings. The Kier molecular flexibility index (Phi) is 8.68. The molecule has 2 rings (SSSR count). The lowest BCUT2D eigenvalue weighted by Crippen LogP contribution is -2.37. The fourth-order valence-electron chi connectivity index (χ4n) is 2.08. The molecule has 0 spiro atoms. The fraction of sp³-hybridized carbons (Fsp3) is 0.412. The summed E-state index contributed by atoms with van der Waals surface area (Å²) in [7, 11) is 1.78. The van der Waals surface area contributed by atoms with Crippen molar-refractivity contribution in [3.63, 3.8) is 0 Å². The summed E-state index contributed by atoms with van der Waals surface area (Å²) >= 11 is 0. The van der Waals surface area contributed by atoms with Crippen molar-refractivity contribution in [1.82, 2.24) is 20.6 Å². The van der Waals surface area contributed by atoms with E-state index in [-0.39, 0.29) is 24.0 Å². The van der Waals surface area contributed by atoms with Gasteiger partial charge < -0.3 is 15.6 Å². The quantitative estimate of drug-likeness (QED) is 0.376. The van der Waals surface area contributed by atoms with Crippen molar-refractivity contribution in [1.29, 1.82) is 0 Å². The van der Waals surface area contributed by atoms with Crippen LogP contribution in [0.15, 0.2) is 41.5 Å². The average Bonchev–Trinajstić information content (AvgIpc) is 3.00. The van der Waals surface area contributed by atoms with E-state index in [4.69, 9.17) is 0 Å². The van der Waals surface area contributed by atoms with Gasteiger partial charge >= 0.3 is 0 Å². The van der Waals surface area contributed by atoms with Gasteiger partial charge in [-0.15, -0.1) is 24.0 Å². The van der Waals surface area contributed by atoms with Gasteiger partial charge in [0.1, 0.15) is 5.82 Å². The Bertz CT molecular complexity index is 592. The van der Waals surface area contributed by atoms with Crippen LogP contribution in [0.1, 0.15) is 26.1 Å². The largest absolute Gasteiger partial charge is 0.356 e. The number of aromatic nitrogens is 2. The van der Waals surface area contributed by atoms with Crippen molar-refractivity contribution in [2.45, 2.75) is 26.8 Å². The summed E-state index contributed by atoms with van der Waals surface area (Å²) in [6, 6.07) is 10.2. The van der Waals surface area contributed by atoms with Crippen LogP contribution in [0.2, 0.25) is 0 Å². The second-order valence-electron chi connectivity index (χ2n) is 5.64. The highest BCUT2D eigenvalue weighted by atomic mass is 127. The van der Waals surface area contributed by atoms with Gasteiger partial charge in [-0.1, -0.05) is 44.2 Å². The number of guanidine groups is 1. The maximum atomic E-state index is 4.41. The molecule has 5 nitrogen and oxygen atoms in total. The van der Waals surface area contributed by atoms with Gasteiger partial charge in [-0.25, -0.2) is 4.98 Å². The Labute approximate surface area is 155 Å². The minimum absolute atomic E-state index is 0. The van der Waals surface area contributed by atoms with Crippen LogP contribution in [-0.2, 0) is 6.54 Å². The predicted octanol–water partition coefficient (Wildman–Crippen LogP) is 3.41. The first kappa shape index (κ1) is 19.5. The second kappa shape index (κ2) is 10.3. The molecule has 0 saturated carbocycles. The van der Waals surface area contributed by atoms with Crippen molar-refractivity contribution in [3.05, 3.63) is 42.4 Å². The van der Waals surface area contributed by atoms with E-state index in [9.17, 15) is 0 Å². The van der Waals surface area contributed by atoms with Crippen LogP contribution < -0.4 is 10.6 Å². The van der Waals surface area contributed by atoms with Crippen molar-refractivity contribution in [2.75, 3.05) is 13.6 Å². The molecular weight excluding hydrogens is 401 g/mol. The van der Waals surface area contributed by atoms with Crippen molar-refractivity contribution in [2.24, 2.45) is 10.9 Å². The van der Waals surface area contributed by atoms with Crippen molar-refractivity contribution >= 4 is 29.9 Å². The minimum atomic E-state index is 0. The van der Waals surface area contributed by atoms with E-state index < -0.39 is 0 Å². The van der Waals surface area contributed by atoms with E-state index >= 15 is 0 Å². The first-order valence-electron chi connectivity index (χ1n) is 7.73. The molecule has 1 aromatic carbocycles. The lowest BCUT2D eigenvalue weighted by molar-refractivity contribution is 0.573. The van der Waals surface area contributed by atoms with E-state index in [0.29, 0.717) is 12.5 Å². The normalized spacial score (nSPS) is 11.2. The number of halogens is 1. The van der Waals surface area contributed by atoms with Crippen molar-refractivity contribution in [3.8, 4) is 11.3 Å². The lowest BCUT2D eigenvalue weighted by Gasteiger charge is -2.11. The van der Waals surface area contributed by atoms with Crippen LogP contribution in [-0.4, -0.2) is 29.5 Å². The Balaban J connectivity index is 0.00000264. The van der Waals surface area contributed by atoms with Gasteiger partial charge in [-0.2, -0.15) is 0 Å². The molecule has 0 fully saturated rings. The summed E-state index contributed by atoms with van der Waals surface area (Å²) in [5, 5.41) is 6.58. The number of nitrogens with one attached hydrogen (secondary N) is 3. The molecule has 0 saturated heterocycles. The number of aromatic amines is 1. The van der Waals surface area contributed by atoms with E-state index in [1.165, 1.54) is 0 Å². The van der Waals surface area contributed by atoms with E-state index in [1.54, 1.807) is 7.05 Å². The van der Waals surface area contributed by atoms with E-state index in [0.717, 1.165) is 36.0 Å². The first-order chi connectivity index (χ1) is 10.7. The highest BCUT2D eigenvalue weighted by Crippen LogP contribution is 2.15. The van der Waals surface area contributed by atoms with Gasteiger partial charge in [0, 0.05) is 13.6 Å². The van der Waals surface area contributed by atoms with E-state index in [2.05, 4.69) is 51.6 Å². The molecule has 23 heavy (non-hydrogen) atoms. The number of hydrogen-bond acceptors (Lipinski definition) is 2. The second-order valence-corrected chi connectivity index (χ2v) is 5.64.